The number of ketones is 2. The summed E-state index contributed by atoms with van der Waals surface area (Å²) in [6, 6.07) is 9.46. The Kier molecular flexibility index (Phi) is 11.5. The van der Waals surface area contributed by atoms with Gasteiger partial charge in [0.1, 0.15) is 4.90 Å². The van der Waals surface area contributed by atoms with Crippen molar-refractivity contribution < 1.29 is 40.3 Å². The molecule has 3 aromatic carbocycles. The first-order valence-electron chi connectivity index (χ1n) is 12.0. The summed E-state index contributed by atoms with van der Waals surface area (Å²) in [6.45, 7) is 1.40. The number of hydrogen-bond acceptors (Lipinski definition) is 11. The third kappa shape index (κ3) is 7.18. The molecule has 0 atom stereocenters. The molecule has 20 heteroatoms. The molecule has 0 saturated carbocycles. The predicted molar refractivity (Wildman–Crippen MR) is 170 cm³/mol. The van der Waals surface area contributed by atoms with E-state index in [4.69, 9.17) is 28.9 Å². The first kappa shape index (κ1) is 38.0. The summed E-state index contributed by atoms with van der Waals surface area (Å²) in [6.07, 6.45) is 0. The van der Waals surface area contributed by atoms with Crippen molar-refractivity contribution in [2.75, 3.05) is 16.4 Å². The van der Waals surface area contributed by atoms with Crippen LogP contribution < -0.4 is 16.4 Å². The summed E-state index contributed by atoms with van der Waals surface area (Å²) in [5, 5.41) is 11.7. The molecule has 0 fully saturated rings. The van der Waals surface area contributed by atoms with Crippen molar-refractivity contribution in [1.29, 1.82) is 0 Å². The number of amides is 1. The van der Waals surface area contributed by atoms with Gasteiger partial charge in [-0.25, -0.2) is 0 Å². The Labute approximate surface area is 315 Å². The van der Waals surface area contributed by atoms with Crippen LogP contribution in [0.25, 0.3) is 0 Å². The summed E-state index contributed by atoms with van der Waals surface area (Å²) in [5.41, 5.74) is 3.48. The fourth-order valence-corrected chi connectivity index (χ4v) is 6.05. The van der Waals surface area contributed by atoms with Gasteiger partial charge in [0.25, 0.3) is 26.1 Å². The monoisotopic (exact) mass is 723 g/mol. The van der Waals surface area contributed by atoms with Gasteiger partial charge in [0, 0.05) is 81.6 Å². The topological polar surface area (TPSA) is 236 Å². The van der Waals surface area contributed by atoms with Crippen molar-refractivity contribution in [3.05, 3.63) is 92.2 Å². The van der Waals surface area contributed by atoms with E-state index in [2.05, 4.69) is 20.8 Å². The number of hydrogen-bond donors (Lipinski definition) is 5. The zero-order chi connectivity index (χ0) is 32.3. The molecule has 46 heavy (non-hydrogen) atoms. The Morgan fingerprint density at radius 2 is 1.39 bits per heavy atom. The van der Waals surface area contributed by atoms with Crippen LogP contribution in [0.15, 0.2) is 58.3 Å². The van der Waals surface area contributed by atoms with Crippen LogP contribution in [0, 0.1) is 6.92 Å². The van der Waals surface area contributed by atoms with Crippen LogP contribution in [0.1, 0.15) is 47.8 Å². The maximum Gasteiger partial charge on any atom is 0.296 e. The van der Waals surface area contributed by atoms with E-state index in [9.17, 15) is 40.3 Å². The average Bonchev–Trinajstić information content (AvgIpc) is 2.94. The Bertz CT molecular complexity index is 2200. The van der Waals surface area contributed by atoms with Crippen LogP contribution in [-0.2, 0) is 20.2 Å². The van der Waals surface area contributed by atoms with Crippen LogP contribution in [0.3, 0.4) is 0 Å². The van der Waals surface area contributed by atoms with Crippen LogP contribution >= 0.6 is 23.2 Å². The molecular weight excluding hydrogens is 707 g/mol. The average molecular weight is 724 g/mol. The molecule has 14 nitrogen and oxygen atoms in total. The molecule has 1 heterocycles. The number of aromatic nitrogens is 2. The van der Waals surface area contributed by atoms with Gasteiger partial charge in [0.15, 0.2) is 21.9 Å². The maximum absolute atomic E-state index is 13.6. The second-order valence-electron chi connectivity index (χ2n) is 9.33. The fourth-order valence-electron chi connectivity index (χ4n) is 4.55. The van der Waals surface area contributed by atoms with Gasteiger partial charge in [-0.05, 0) is 36.8 Å². The normalized spacial score (nSPS) is 12.3. The number of nitrogens with two attached hydrogens (primary N) is 1. The molecule has 0 saturated heterocycles. The molecular formula is C26H17Cl2N5Na2O9S2. The Morgan fingerprint density at radius 3 is 1.96 bits per heavy atom. The smallest absolute Gasteiger partial charge is 0.296 e. The van der Waals surface area contributed by atoms with Gasteiger partial charge < -0.3 is 16.4 Å². The number of halogens is 2. The Balaban J connectivity index is 0.00000288. The zero-order valence-electron chi connectivity index (χ0n) is 23.9. The van der Waals surface area contributed by atoms with E-state index in [-0.39, 0.29) is 114 Å². The van der Waals surface area contributed by atoms with E-state index >= 15 is 0 Å². The molecule has 1 aliphatic carbocycles. The second kappa shape index (κ2) is 14.0. The molecule has 6 N–H and O–H groups in total. The van der Waals surface area contributed by atoms with Crippen LogP contribution in [-0.4, -0.2) is 113 Å². The standard InChI is InChI=1S/C26H17Cl2N5O9S2.2Na/c1-10-15(6-11(43(37,38)39)7-16(10)31-26(36)14-8-19(27)32-33-25(14)28)30-17-9-18(44(40,41)42)22(29)21-20(17)23(34)12-4-2-3-5-13(12)24(21)35;;/h2-9,30H,29H2,1H3,(H,31,36)(H,37,38,39)(H,40,41,42);;. The predicted octanol–water partition coefficient (Wildman–Crippen LogP) is 3.18. The number of rotatable bonds is 6. The van der Waals surface area contributed by atoms with Crippen LogP contribution in [0.4, 0.5) is 22.7 Å². The molecule has 0 spiro atoms. The van der Waals surface area contributed by atoms with Gasteiger partial charge in [0.2, 0.25) is 0 Å². The molecule has 1 aliphatic rings. The van der Waals surface area contributed by atoms with Gasteiger partial charge in [-0.15, -0.1) is 10.2 Å². The van der Waals surface area contributed by atoms with E-state index in [0.29, 0.717) is 0 Å². The minimum absolute atomic E-state index is 0. The zero-order valence-corrected chi connectivity index (χ0v) is 31.1. The first-order chi connectivity index (χ1) is 20.5. The molecule has 0 aliphatic heterocycles. The fraction of sp³-hybridized carbons (Fsp3) is 0.0385. The molecule has 1 aromatic heterocycles. The summed E-state index contributed by atoms with van der Waals surface area (Å²) < 4.78 is 68.6. The van der Waals surface area contributed by atoms with E-state index in [1.165, 1.54) is 31.2 Å². The van der Waals surface area contributed by atoms with E-state index in [1.54, 1.807) is 0 Å². The molecule has 228 valence electrons. The number of benzene rings is 3. The van der Waals surface area contributed by atoms with Gasteiger partial charge in [-0.3, -0.25) is 23.5 Å². The van der Waals surface area contributed by atoms with Crippen molar-refractivity contribution in [3.63, 3.8) is 0 Å². The van der Waals surface area contributed by atoms with Crippen molar-refractivity contribution in [2.45, 2.75) is 16.7 Å². The number of nitrogen functional groups attached to an aromatic ring is 1. The Hall–Kier alpha value is -2.45. The van der Waals surface area contributed by atoms with Crippen molar-refractivity contribution in [3.8, 4) is 0 Å². The van der Waals surface area contributed by atoms with E-state index in [1.807, 2.05) is 0 Å². The number of carbonyl (C=O) groups excluding carboxylic acids is 3. The summed E-state index contributed by atoms with van der Waals surface area (Å²) in [7, 11) is -9.98. The van der Waals surface area contributed by atoms with Crippen LogP contribution in [0.2, 0.25) is 10.3 Å². The molecule has 1 amide bonds. The number of nitrogens with zero attached hydrogens (tertiary/aromatic N) is 2. The first-order valence-corrected chi connectivity index (χ1v) is 15.6. The third-order valence-corrected chi connectivity index (χ3v) is 8.83. The number of fused-ring (bicyclic) bond motifs is 2. The van der Waals surface area contributed by atoms with Crippen LogP contribution in [0.5, 0.6) is 0 Å². The molecule has 0 bridgehead atoms. The second-order valence-corrected chi connectivity index (χ2v) is 12.9. The SMILES string of the molecule is Cc1c(NC(=O)c2cc(Cl)nnc2Cl)cc(S(=O)(=O)O)cc1Nc1cc(S(=O)(=O)O)c(N)c2c1C(=O)c1ccccc1C2=O.[Na].[Na]. The Morgan fingerprint density at radius 1 is 0.826 bits per heavy atom. The summed E-state index contributed by atoms with van der Waals surface area (Å²) in [4.78, 5) is 38.4. The third-order valence-electron chi connectivity index (χ3n) is 6.64. The van der Waals surface area contributed by atoms with Gasteiger partial charge in [-0.1, -0.05) is 47.5 Å². The van der Waals surface area contributed by atoms with Crippen molar-refractivity contribution in [1.82, 2.24) is 10.2 Å². The minimum Gasteiger partial charge on any atom is -0.397 e. The summed E-state index contributed by atoms with van der Waals surface area (Å²) >= 11 is 11.8. The molecule has 4 aromatic rings. The number of anilines is 4. The molecule has 2 radical (unpaired) electrons. The van der Waals surface area contributed by atoms with Crippen molar-refractivity contribution >= 4 is 143 Å². The number of carbonyl (C=O) groups is 3. The van der Waals surface area contributed by atoms with Gasteiger partial charge in [-0.2, -0.15) is 16.8 Å². The molecule has 5 rings (SSSR count). The van der Waals surface area contributed by atoms with Gasteiger partial charge in [0.05, 0.1) is 33.0 Å². The van der Waals surface area contributed by atoms with Gasteiger partial charge >= 0.3 is 0 Å². The summed E-state index contributed by atoms with van der Waals surface area (Å²) in [5.74, 6) is -2.44. The van der Waals surface area contributed by atoms with E-state index < -0.39 is 58.8 Å². The largest absolute Gasteiger partial charge is 0.397 e. The maximum atomic E-state index is 13.6. The number of nitrogens with one attached hydrogen (secondary N) is 2. The quantitative estimate of drug-likeness (QED) is 0.0963. The minimum atomic E-state index is -5.06. The molecule has 0 unspecified atom stereocenters. The van der Waals surface area contributed by atoms with E-state index in [0.717, 1.165) is 24.3 Å². The van der Waals surface area contributed by atoms with Crippen molar-refractivity contribution in [2.24, 2.45) is 0 Å².